The number of amidine groups is 1. The summed E-state index contributed by atoms with van der Waals surface area (Å²) in [5.41, 5.74) is 5.07. The van der Waals surface area contributed by atoms with Crippen LogP contribution in [0.3, 0.4) is 0 Å². The Morgan fingerprint density at radius 2 is 1.89 bits per heavy atom. The van der Waals surface area contributed by atoms with Crippen molar-refractivity contribution >= 4 is 11.7 Å². The molecule has 0 aromatic carbocycles. The molecule has 0 unspecified atom stereocenters. The van der Waals surface area contributed by atoms with Gasteiger partial charge >= 0.3 is 0 Å². The number of nitrogens with two attached hydrogens (primary N) is 1. The molecule has 1 fully saturated rings. The number of rotatable bonds is 4. The highest BCUT2D eigenvalue weighted by Crippen LogP contribution is 2.23. The van der Waals surface area contributed by atoms with E-state index >= 15 is 0 Å². The second kappa shape index (κ2) is 6.61. The molecule has 1 rings (SSSR count). The minimum atomic E-state index is -0.519. The van der Waals surface area contributed by atoms with E-state index in [0.717, 1.165) is 25.7 Å². The van der Waals surface area contributed by atoms with Crippen molar-refractivity contribution in [3.8, 4) is 0 Å². The normalized spacial score (nSPS) is 19.3. The summed E-state index contributed by atoms with van der Waals surface area (Å²) in [6.45, 7) is 4.09. The molecule has 1 amide bonds. The Morgan fingerprint density at radius 3 is 2.39 bits per heavy atom. The molecule has 0 spiro atoms. The fraction of sp³-hybridized carbons (Fsp3) is 0.846. The summed E-state index contributed by atoms with van der Waals surface area (Å²) in [6.07, 6.45) is 6.72. The molecule has 0 aromatic rings. The molecule has 5 nitrogen and oxygen atoms in total. The number of hydrogen-bond acceptors (Lipinski definition) is 3. The highest BCUT2D eigenvalue weighted by molar-refractivity contribution is 5.86. The van der Waals surface area contributed by atoms with Gasteiger partial charge in [-0.05, 0) is 12.8 Å². The monoisotopic (exact) mass is 255 g/mol. The van der Waals surface area contributed by atoms with Crippen molar-refractivity contribution in [3.63, 3.8) is 0 Å². The van der Waals surface area contributed by atoms with Crippen molar-refractivity contribution in [1.29, 1.82) is 0 Å². The van der Waals surface area contributed by atoms with E-state index in [9.17, 15) is 4.79 Å². The smallest absolute Gasteiger partial charge is 0.223 e. The molecule has 0 aromatic heterocycles. The number of hydrogen-bond donors (Lipinski definition) is 3. The van der Waals surface area contributed by atoms with Crippen LogP contribution in [0.1, 0.15) is 52.4 Å². The first kappa shape index (κ1) is 14.8. The van der Waals surface area contributed by atoms with Gasteiger partial charge < -0.3 is 16.3 Å². The van der Waals surface area contributed by atoms with E-state index in [1.54, 1.807) is 0 Å². The SMILES string of the molecule is CC(C)(CNC(=O)C1CCCCCC1)C(N)=NO. The zero-order valence-corrected chi connectivity index (χ0v) is 11.4. The molecule has 0 saturated heterocycles. The molecule has 4 N–H and O–H groups in total. The lowest BCUT2D eigenvalue weighted by atomic mass is 9.91. The lowest BCUT2D eigenvalue weighted by molar-refractivity contribution is -0.125. The zero-order valence-electron chi connectivity index (χ0n) is 11.4. The van der Waals surface area contributed by atoms with Crippen LogP contribution in [0.4, 0.5) is 0 Å². The Labute approximate surface area is 109 Å². The van der Waals surface area contributed by atoms with E-state index in [-0.39, 0.29) is 17.7 Å². The van der Waals surface area contributed by atoms with Crippen LogP contribution < -0.4 is 11.1 Å². The maximum absolute atomic E-state index is 12.1. The van der Waals surface area contributed by atoms with E-state index in [2.05, 4.69) is 10.5 Å². The van der Waals surface area contributed by atoms with Crippen LogP contribution in [0, 0.1) is 11.3 Å². The van der Waals surface area contributed by atoms with Gasteiger partial charge in [0.05, 0.1) is 0 Å². The van der Waals surface area contributed by atoms with Crippen LogP contribution in [0.2, 0.25) is 0 Å². The third-order valence-corrected chi connectivity index (χ3v) is 3.73. The van der Waals surface area contributed by atoms with E-state index < -0.39 is 5.41 Å². The molecule has 0 heterocycles. The molecule has 0 radical (unpaired) electrons. The summed E-state index contributed by atoms with van der Waals surface area (Å²) in [7, 11) is 0. The number of carbonyl (C=O) groups is 1. The summed E-state index contributed by atoms with van der Waals surface area (Å²) >= 11 is 0. The highest BCUT2D eigenvalue weighted by atomic mass is 16.4. The Balaban J connectivity index is 2.44. The fourth-order valence-corrected chi connectivity index (χ4v) is 2.22. The van der Waals surface area contributed by atoms with Crippen molar-refractivity contribution in [3.05, 3.63) is 0 Å². The van der Waals surface area contributed by atoms with E-state index in [0.29, 0.717) is 6.54 Å². The van der Waals surface area contributed by atoms with Crippen LogP contribution in [0.25, 0.3) is 0 Å². The maximum atomic E-state index is 12.1. The largest absolute Gasteiger partial charge is 0.409 e. The number of nitrogens with one attached hydrogen (secondary N) is 1. The first-order valence-electron chi connectivity index (χ1n) is 6.73. The van der Waals surface area contributed by atoms with Gasteiger partial charge in [-0.2, -0.15) is 0 Å². The molecule has 0 bridgehead atoms. The summed E-state index contributed by atoms with van der Waals surface area (Å²) in [5, 5.41) is 14.6. The summed E-state index contributed by atoms with van der Waals surface area (Å²) < 4.78 is 0. The second-order valence-electron chi connectivity index (χ2n) is 5.78. The average molecular weight is 255 g/mol. The van der Waals surface area contributed by atoms with Crippen molar-refractivity contribution in [2.45, 2.75) is 52.4 Å². The predicted molar refractivity (Wildman–Crippen MR) is 71.4 cm³/mol. The van der Waals surface area contributed by atoms with Crippen molar-refractivity contribution in [2.75, 3.05) is 6.54 Å². The molecule has 104 valence electrons. The fourth-order valence-electron chi connectivity index (χ4n) is 2.22. The van der Waals surface area contributed by atoms with Gasteiger partial charge in [-0.3, -0.25) is 4.79 Å². The van der Waals surface area contributed by atoms with Crippen molar-refractivity contribution < 1.29 is 10.0 Å². The van der Waals surface area contributed by atoms with Gasteiger partial charge in [-0.1, -0.05) is 44.7 Å². The zero-order chi connectivity index (χ0) is 13.6. The van der Waals surface area contributed by atoms with Crippen LogP contribution >= 0.6 is 0 Å². The molecule has 1 aliphatic rings. The summed E-state index contributed by atoms with van der Waals surface area (Å²) in [6, 6.07) is 0. The Kier molecular flexibility index (Phi) is 5.44. The Bertz CT molecular complexity index is 305. The van der Waals surface area contributed by atoms with Crippen LogP contribution in [-0.2, 0) is 4.79 Å². The van der Waals surface area contributed by atoms with Gasteiger partial charge in [0.2, 0.25) is 5.91 Å². The molecule has 18 heavy (non-hydrogen) atoms. The van der Waals surface area contributed by atoms with Crippen LogP contribution in [0.15, 0.2) is 5.16 Å². The lowest BCUT2D eigenvalue weighted by Gasteiger charge is -2.24. The summed E-state index contributed by atoms with van der Waals surface area (Å²) in [4.78, 5) is 12.1. The van der Waals surface area contributed by atoms with Crippen LogP contribution in [0.5, 0.6) is 0 Å². The predicted octanol–water partition coefficient (Wildman–Crippen LogP) is 1.85. The first-order chi connectivity index (χ1) is 8.47. The van der Waals surface area contributed by atoms with E-state index in [1.165, 1.54) is 12.8 Å². The Morgan fingerprint density at radius 1 is 1.33 bits per heavy atom. The molecular formula is C13H25N3O2. The molecular weight excluding hydrogens is 230 g/mol. The molecule has 1 saturated carbocycles. The molecule has 1 aliphatic carbocycles. The quantitative estimate of drug-likeness (QED) is 0.235. The van der Waals surface area contributed by atoms with Gasteiger partial charge in [0, 0.05) is 17.9 Å². The third-order valence-electron chi connectivity index (χ3n) is 3.73. The van der Waals surface area contributed by atoms with Crippen molar-refractivity contribution in [1.82, 2.24) is 5.32 Å². The second-order valence-corrected chi connectivity index (χ2v) is 5.78. The topological polar surface area (TPSA) is 87.7 Å². The van der Waals surface area contributed by atoms with E-state index in [1.807, 2.05) is 13.8 Å². The Hall–Kier alpha value is -1.26. The molecule has 0 aliphatic heterocycles. The number of oxime groups is 1. The van der Waals surface area contributed by atoms with Crippen molar-refractivity contribution in [2.24, 2.45) is 22.2 Å². The number of carbonyl (C=O) groups excluding carboxylic acids is 1. The lowest BCUT2D eigenvalue weighted by Crippen LogP contribution is -2.44. The van der Waals surface area contributed by atoms with Crippen LogP contribution in [-0.4, -0.2) is 23.5 Å². The third kappa shape index (κ3) is 4.20. The minimum absolute atomic E-state index is 0.107. The minimum Gasteiger partial charge on any atom is -0.409 e. The average Bonchev–Trinajstić information content (AvgIpc) is 2.63. The maximum Gasteiger partial charge on any atom is 0.223 e. The van der Waals surface area contributed by atoms with Gasteiger partial charge in [-0.25, -0.2) is 0 Å². The van der Waals surface area contributed by atoms with Gasteiger partial charge in [-0.15, -0.1) is 0 Å². The standard InChI is InChI=1S/C13H25N3O2/c1-13(2,12(14)16-18)9-15-11(17)10-7-5-3-4-6-8-10/h10,18H,3-9H2,1-2H3,(H2,14,16)(H,15,17). The molecule has 5 heteroatoms. The first-order valence-corrected chi connectivity index (χ1v) is 6.73. The number of amides is 1. The molecule has 0 atom stereocenters. The van der Waals surface area contributed by atoms with Gasteiger partial charge in [0.25, 0.3) is 0 Å². The number of nitrogens with zero attached hydrogens (tertiary/aromatic N) is 1. The van der Waals surface area contributed by atoms with Gasteiger partial charge in [0.15, 0.2) is 0 Å². The van der Waals surface area contributed by atoms with Gasteiger partial charge in [0.1, 0.15) is 5.84 Å². The summed E-state index contributed by atoms with van der Waals surface area (Å²) in [5.74, 6) is 0.384. The highest BCUT2D eigenvalue weighted by Gasteiger charge is 2.26. The van der Waals surface area contributed by atoms with E-state index in [4.69, 9.17) is 10.9 Å².